The second kappa shape index (κ2) is 11.2. The minimum atomic E-state index is -3.92. The average Bonchev–Trinajstić information content (AvgIpc) is 2.79. The Bertz CT molecular complexity index is 1060. The molecule has 0 unspecified atom stereocenters. The van der Waals surface area contributed by atoms with E-state index < -0.39 is 26.8 Å². The van der Waals surface area contributed by atoms with Gasteiger partial charge in [-0.2, -0.15) is 16.1 Å². The lowest BCUT2D eigenvalue weighted by molar-refractivity contribution is -0.142. The van der Waals surface area contributed by atoms with Gasteiger partial charge in [-0.15, -0.1) is 0 Å². The number of hydrogen-bond donors (Lipinski definition) is 1. The molecule has 8 heteroatoms. The van der Waals surface area contributed by atoms with Crippen LogP contribution in [0.15, 0.2) is 53.4 Å². The predicted molar refractivity (Wildman–Crippen MR) is 140 cm³/mol. The second-order valence-electron chi connectivity index (χ2n) is 9.31. The van der Waals surface area contributed by atoms with Gasteiger partial charge < -0.3 is 5.11 Å². The monoisotopic (exact) mass is 504 g/mol. The van der Waals surface area contributed by atoms with E-state index in [0.29, 0.717) is 5.75 Å². The average molecular weight is 505 g/mol. The van der Waals surface area contributed by atoms with Gasteiger partial charge in [-0.05, 0) is 68.6 Å². The Kier molecular flexibility index (Phi) is 8.84. The maximum absolute atomic E-state index is 13.3. The quantitative estimate of drug-likeness (QED) is 0.494. The van der Waals surface area contributed by atoms with Gasteiger partial charge in [-0.25, -0.2) is 8.42 Å². The van der Waals surface area contributed by atoms with E-state index in [4.69, 9.17) is 0 Å². The number of rotatable bonds is 10. The summed E-state index contributed by atoms with van der Waals surface area (Å²) in [6.45, 7) is 11.2. The molecule has 0 spiro atoms. The van der Waals surface area contributed by atoms with Crippen LogP contribution >= 0.6 is 11.8 Å². The highest BCUT2D eigenvalue weighted by Crippen LogP contribution is 2.38. The van der Waals surface area contributed by atoms with Gasteiger partial charge in [0.25, 0.3) is 0 Å². The third-order valence-corrected chi connectivity index (χ3v) is 9.43. The predicted octanol–water partition coefficient (Wildman–Crippen LogP) is 4.94. The van der Waals surface area contributed by atoms with Crippen molar-refractivity contribution in [2.24, 2.45) is 0 Å². The molecule has 1 atom stereocenters. The van der Waals surface area contributed by atoms with Crippen molar-refractivity contribution in [3.63, 3.8) is 0 Å². The van der Waals surface area contributed by atoms with Crippen LogP contribution in [0.25, 0.3) is 11.1 Å². The summed E-state index contributed by atoms with van der Waals surface area (Å²) in [5.41, 5.74) is 3.20. The number of sulfonamides is 1. The molecule has 1 aliphatic rings. The van der Waals surface area contributed by atoms with E-state index in [-0.39, 0.29) is 11.4 Å². The fourth-order valence-corrected chi connectivity index (χ4v) is 7.65. The molecule has 34 heavy (non-hydrogen) atoms. The number of carboxylic acid groups (broad SMARTS) is 1. The Balaban J connectivity index is 1.78. The van der Waals surface area contributed by atoms with Crippen molar-refractivity contribution in [2.45, 2.75) is 62.8 Å². The zero-order valence-corrected chi connectivity index (χ0v) is 22.2. The first-order valence-electron chi connectivity index (χ1n) is 11.9. The van der Waals surface area contributed by atoms with Crippen LogP contribution in [0.1, 0.15) is 46.1 Å². The molecule has 1 N–H and O–H groups in total. The molecule has 0 saturated carbocycles. The maximum Gasteiger partial charge on any atom is 0.323 e. The Morgan fingerprint density at radius 2 is 1.56 bits per heavy atom. The van der Waals surface area contributed by atoms with E-state index in [1.165, 1.54) is 17.3 Å². The van der Waals surface area contributed by atoms with Crippen molar-refractivity contribution in [1.29, 1.82) is 0 Å². The highest BCUT2D eigenvalue weighted by atomic mass is 32.2. The van der Waals surface area contributed by atoms with Crippen LogP contribution in [0.4, 0.5) is 0 Å². The number of carboxylic acids is 1. The van der Waals surface area contributed by atoms with Crippen molar-refractivity contribution >= 4 is 27.8 Å². The topological polar surface area (TPSA) is 77.9 Å². The summed E-state index contributed by atoms with van der Waals surface area (Å²) in [5, 5.41) is 9.76. The highest BCUT2D eigenvalue weighted by molar-refractivity contribution is 8.00. The molecular weight excluding hydrogens is 468 g/mol. The first-order chi connectivity index (χ1) is 16.1. The number of hydrogen-bond acceptors (Lipinski definition) is 5. The van der Waals surface area contributed by atoms with Gasteiger partial charge in [0.15, 0.2) is 0 Å². The number of thioether (sulfide) groups is 1. The fourth-order valence-electron chi connectivity index (χ4n) is 4.55. The minimum absolute atomic E-state index is 0.122. The van der Waals surface area contributed by atoms with Crippen molar-refractivity contribution in [3.8, 4) is 11.1 Å². The number of aliphatic carboxylic acids is 1. The van der Waals surface area contributed by atoms with Crippen molar-refractivity contribution in [2.75, 3.05) is 25.4 Å². The first-order valence-corrected chi connectivity index (χ1v) is 14.3. The standard InChI is InChI=1S/C26H36N2O4S2/c1-5-15-27(16-6-2)19-20-7-9-21(10-8-20)22-11-13-23(14-12-22)34(31,32)28-17-18-33-26(3,4)24(28)25(29)30/h7-14,24H,5-6,15-19H2,1-4H3,(H,29,30)/t24-/m0/s1. The van der Waals surface area contributed by atoms with Crippen LogP contribution in [0.2, 0.25) is 0 Å². The van der Waals surface area contributed by atoms with Crippen LogP contribution < -0.4 is 0 Å². The lowest BCUT2D eigenvalue weighted by atomic mass is 10.0. The van der Waals surface area contributed by atoms with Crippen molar-refractivity contribution in [3.05, 3.63) is 54.1 Å². The minimum Gasteiger partial charge on any atom is -0.480 e. The van der Waals surface area contributed by atoms with Crippen LogP contribution in [0.3, 0.4) is 0 Å². The van der Waals surface area contributed by atoms with Gasteiger partial charge in [0.05, 0.1) is 4.90 Å². The molecule has 1 saturated heterocycles. The summed E-state index contributed by atoms with van der Waals surface area (Å²) in [4.78, 5) is 14.5. The van der Waals surface area contributed by atoms with Gasteiger partial charge in [0.1, 0.15) is 6.04 Å². The highest BCUT2D eigenvalue weighted by Gasteiger charge is 2.48. The van der Waals surface area contributed by atoms with Gasteiger partial charge >= 0.3 is 5.97 Å². The SMILES string of the molecule is CCCN(CCC)Cc1ccc(-c2ccc(S(=O)(=O)N3CCSC(C)(C)[C@@H]3C(=O)O)cc2)cc1. The number of benzene rings is 2. The molecule has 1 aliphatic heterocycles. The lowest BCUT2D eigenvalue weighted by Crippen LogP contribution is -2.58. The third-order valence-electron chi connectivity index (χ3n) is 6.20. The van der Waals surface area contributed by atoms with E-state index in [9.17, 15) is 18.3 Å². The molecular formula is C26H36N2O4S2. The van der Waals surface area contributed by atoms with Gasteiger partial charge in [-0.3, -0.25) is 9.69 Å². The van der Waals surface area contributed by atoms with E-state index in [2.05, 4.69) is 43.0 Å². The van der Waals surface area contributed by atoms with E-state index in [0.717, 1.165) is 47.9 Å². The van der Waals surface area contributed by atoms with E-state index in [1.54, 1.807) is 38.1 Å². The van der Waals surface area contributed by atoms with Gasteiger partial charge in [-0.1, -0.05) is 50.2 Å². The summed E-state index contributed by atoms with van der Waals surface area (Å²) >= 11 is 1.49. The van der Waals surface area contributed by atoms with Crippen LogP contribution in [-0.2, 0) is 21.4 Å². The molecule has 1 fully saturated rings. The lowest BCUT2D eigenvalue weighted by Gasteiger charge is -2.42. The summed E-state index contributed by atoms with van der Waals surface area (Å²) in [7, 11) is -3.92. The summed E-state index contributed by atoms with van der Waals surface area (Å²) in [5.74, 6) is -0.553. The molecule has 0 bridgehead atoms. The summed E-state index contributed by atoms with van der Waals surface area (Å²) in [6, 6.07) is 14.0. The molecule has 3 rings (SSSR count). The molecule has 0 aromatic heterocycles. The third kappa shape index (κ3) is 6.03. The van der Waals surface area contributed by atoms with Gasteiger partial charge in [0.2, 0.25) is 10.0 Å². The normalized spacial score (nSPS) is 18.8. The molecule has 1 heterocycles. The number of nitrogens with zero attached hydrogens (tertiary/aromatic N) is 2. The summed E-state index contributed by atoms with van der Waals surface area (Å²) in [6.07, 6.45) is 2.27. The van der Waals surface area contributed by atoms with E-state index >= 15 is 0 Å². The van der Waals surface area contributed by atoms with E-state index in [1.807, 2.05) is 0 Å². The van der Waals surface area contributed by atoms with Crippen LogP contribution in [-0.4, -0.2) is 64.9 Å². The molecule has 6 nitrogen and oxygen atoms in total. The van der Waals surface area contributed by atoms with Gasteiger partial charge in [0, 0.05) is 23.6 Å². The molecule has 2 aromatic carbocycles. The zero-order valence-electron chi connectivity index (χ0n) is 20.5. The zero-order chi connectivity index (χ0) is 24.9. The largest absolute Gasteiger partial charge is 0.480 e. The number of carbonyl (C=O) groups is 1. The van der Waals surface area contributed by atoms with Crippen LogP contribution in [0.5, 0.6) is 0 Å². The Morgan fingerprint density at radius 1 is 1.03 bits per heavy atom. The molecule has 186 valence electrons. The first kappa shape index (κ1) is 26.7. The Hall–Kier alpha value is -1.87. The molecule has 0 aliphatic carbocycles. The maximum atomic E-state index is 13.3. The van der Waals surface area contributed by atoms with Crippen molar-refractivity contribution < 1.29 is 18.3 Å². The van der Waals surface area contributed by atoms with Crippen LogP contribution in [0, 0.1) is 0 Å². The molecule has 2 aromatic rings. The fraction of sp³-hybridized carbons (Fsp3) is 0.500. The Labute approximate surface area is 208 Å². The second-order valence-corrected chi connectivity index (χ2v) is 12.9. The summed E-state index contributed by atoms with van der Waals surface area (Å²) < 4.78 is 27.1. The molecule has 0 amide bonds. The Morgan fingerprint density at radius 3 is 2.06 bits per heavy atom. The van der Waals surface area contributed by atoms with Crippen molar-refractivity contribution in [1.82, 2.24) is 9.21 Å². The smallest absolute Gasteiger partial charge is 0.323 e. The molecule has 0 radical (unpaired) electrons.